The summed E-state index contributed by atoms with van der Waals surface area (Å²) in [6.45, 7) is 0. The third-order valence-corrected chi connectivity index (χ3v) is 7.14. The predicted molar refractivity (Wildman–Crippen MR) is 190 cm³/mol. The van der Waals surface area contributed by atoms with Gasteiger partial charge in [-0.3, -0.25) is 0 Å². The first-order chi connectivity index (χ1) is 34.0. The summed E-state index contributed by atoms with van der Waals surface area (Å²) in [5, 5.41) is -4.44. The second kappa shape index (κ2) is 10.4. The van der Waals surface area contributed by atoms with Crippen LogP contribution in [0.2, 0.25) is 0 Å². The van der Waals surface area contributed by atoms with Crippen LogP contribution in [0.4, 0.5) is 0 Å². The van der Waals surface area contributed by atoms with Crippen molar-refractivity contribution in [2.75, 3.05) is 0 Å². The van der Waals surface area contributed by atoms with Crippen LogP contribution < -0.4 is 0 Å². The van der Waals surface area contributed by atoms with E-state index in [-0.39, 0.29) is 0 Å². The van der Waals surface area contributed by atoms with Gasteiger partial charge in [-0.15, -0.1) is 0 Å². The van der Waals surface area contributed by atoms with Crippen molar-refractivity contribution in [2.45, 2.75) is 0 Å². The van der Waals surface area contributed by atoms with E-state index >= 15 is 0 Å². The van der Waals surface area contributed by atoms with E-state index in [1.807, 2.05) is 0 Å². The van der Waals surface area contributed by atoms with Gasteiger partial charge >= 0.3 is 0 Å². The highest BCUT2D eigenvalue weighted by Gasteiger charge is 2.21. The summed E-state index contributed by atoms with van der Waals surface area (Å²) >= 11 is 0. The number of hydrogen-bond acceptors (Lipinski definition) is 1. The maximum atomic E-state index is 9.62. The summed E-state index contributed by atoms with van der Waals surface area (Å²) in [4.78, 5) is 0. The van der Waals surface area contributed by atoms with Crippen molar-refractivity contribution in [2.24, 2.45) is 0 Å². The van der Waals surface area contributed by atoms with E-state index in [1.54, 1.807) is 0 Å². The van der Waals surface area contributed by atoms with Gasteiger partial charge in [0.25, 0.3) is 0 Å². The lowest BCUT2D eigenvalue weighted by Crippen LogP contribution is -1.93. The Labute approximate surface area is 301 Å². The quantitative estimate of drug-likeness (QED) is 0.183. The molecule has 1 heteroatoms. The number of benzene rings is 8. The van der Waals surface area contributed by atoms with Crippen molar-refractivity contribution in [1.82, 2.24) is 0 Å². The molecule has 9 aromatic rings. The van der Waals surface area contributed by atoms with Crippen LogP contribution in [0.5, 0.6) is 0 Å². The average molecular weight is 601 g/mol. The maximum Gasteiger partial charge on any atom is 0.136 e. The van der Waals surface area contributed by atoms with Gasteiger partial charge in [0.1, 0.15) is 11.2 Å². The smallest absolute Gasteiger partial charge is 0.136 e. The van der Waals surface area contributed by atoms with Crippen LogP contribution in [0.1, 0.15) is 38.4 Å². The van der Waals surface area contributed by atoms with E-state index in [2.05, 4.69) is 0 Å². The van der Waals surface area contributed by atoms with Crippen molar-refractivity contribution in [3.63, 3.8) is 0 Å². The van der Waals surface area contributed by atoms with E-state index in [4.69, 9.17) is 31.8 Å². The molecule has 0 fully saturated rings. The van der Waals surface area contributed by atoms with Crippen LogP contribution in [0.15, 0.2) is 174 Å². The molecule has 8 aromatic carbocycles. The van der Waals surface area contributed by atoms with E-state index in [1.165, 1.54) is 0 Å². The van der Waals surface area contributed by atoms with Crippen molar-refractivity contribution >= 4 is 43.5 Å². The van der Waals surface area contributed by atoms with Crippen LogP contribution in [-0.4, -0.2) is 0 Å². The Balaban J connectivity index is 1.66. The second-order valence-electron chi connectivity index (χ2n) is 9.51. The molecule has 0 bridgehead atoms. The van der Waals surface area contributed by atoms with Crippen molar-refractivity contribution in [3.8, 4) is 44.5 Å². The molecular formula is C44H28O. The van der Waals surface area contributed by atoms with Gasteiger partial charge in [0, 0.05) is 10.8 Å². The first-order valence-electron chi connectivity index (χ1n) is 27.2. The molecule has 0 spiro atoms. The SMILES string of the molecule is [2H]c1c([2H])c([2H])c(-c2c([2H])c([2H])c([2H])c([2H])c2-c2c3c([2H])c([2H])c([2H])c([2H])c3c(-c3c([2H])c([2H])c([2H])c4oc5c([2H])c([2H])c(-c6c([2H])c([2H])c([2H])c([2H])c6[2H])c([2H])c5c34)c3c([2H])c([2H])c([2H])c([2H])c23)c([2H])c1[2H]. The van der Waals surface area contributed by atoms with E-state index in [0.717, 1.165) is 0 Å². The van der Waals surface area contributed by atoms with Gasteiger partial charge in [0.15, 0.2) is 0 Å². The Bertz CT molecular complexity index is 3980. The van der Waals surface area contributed by atoms with Crippen molar-refractivity contribution in [1.29, 1.82) is 0 Å². The normalized spacial score (nSPS) is 20.3. The van der Waals surface area contributed by atoms with Gasteiger partial charge in [-0.25, -0.2) is 0 Å². The summed E-state index contributed by atoms with van der Waals surface area (Å²) in [6, 6.07) is -27.5. The third kappa shape index (κ3) is 4.09. The lowest BCUT2D eigenvalue weighted by molar-refractivity contribution is 0.669. The minimum absolute atomic E-state index is 0.621. The van der Waals surface area contributed by atoms with Gasteiger partial charge in [-0.05, 0) is 84.2 Å². The first kappa shape index (κ1) is 10.1. The Hall–Kier alpha value is -5.92. The van der Waals surface area contributed by atoms with Gasteiger partial charge in [-0.2, -0.15) is 0 Å². The molecule has 0 amide bonds. The topological polar surface area (TPSA) is 13.1 Å². The molecule has 0 aliphatic heterocycles. The lowest BCUT2D eigenvalue weighted by atomic mass is 9.83. The predicted octanol–water partition coefficient (Wildman–Crippen LogP) is 12.6. The van der Waals surface area contributed by atoms with Crippen LogP contribution in [-0.2, 0) is 0 Å². The standard InChI is InChI=1S/C44H28O/c1-3-14-29(15-4-1)31-26-27-40-39(28-31)44-38(24-13-25-41(44)45-40)43-36-22-11-9-20-34(36)42(35-21-10-12-23-37(35)43)33-19-8-7-18-32(33)30-16-5-2-6-17-30/h1-28H/i1D,2D,3D,4D,5D,6D,7D,8D,9D,10D,11D,12D,13D,14D,15D,16D,17D,18D,19D,20D,21D,22D,23D,24D,25D,26D,27D,28D. The molecule has 210 valence electrons. The third-order valence-electron chi connectivity index (χ3n) is 7.14. The van der Waals surface area contributed by atoms with Crippen LogP contribution in [0.3, 0.4) is 0 Å². The molecule has 0 atom stereocenters. The molecular weight excluding hydrogens is 544 g/mol. The summed E-state index contributed by atoms with van der Waals surface area (Å²) in [5.41, 5.74) is -7.79. The van der Waals surface area contributed by atoms with Gasteiger partial charge in [0.2, 0.25) is 0 Å². The molecule has 0 saturated heterocycles. The largest absolute Gasteiger partial charge is 0.456 e. The molecule has 1 heterocycles. The first-order valence-corrected chi connectivity index (χ1v) is 13.2. The Kier molecular flexibility index (Phi) is 2.32. The molecule has 0 saturated carbocycles. The van der Waals surface area contributed by atoms with E-state index in [0.29, 0.717) is 0 Å². The number of rotatable bonds is 4. The number of furan rings is 1. The van der Waals surface area contributed by atoms with Crippen molar-refractivity contribution in [3.05, 3.63) is 169 Å². The zero-order chi connectivity index (χ0) is 54.1. The minimum Gasteiger partial charge on any atom is -0.456 e. The Morgan fingerprint density at radius 1 is 0.333 bits per heavy atom. The molecule has 0 N–H and O–H groups in total. The Morgan fingerprint density at radius 3 is 1.49 bits per heavy atom. The number of fused-ring (bicyclic) bond motifs is 5. The zero-order valence-electron chi connectivity index (χ0n) is 50.4. The van der Waals surface area contributed by atoms with Gasteiger partial charge < -0.3 is 4.42 Å². The lowest BCUT2D eigenvalue weighted by Gasteiger charge is -2.20. The summed E-state index contributed by atoms with van der Waals surface area (Å²) in [7, 11) is 0. The zero-order valence-corrected chi connectivity index (χ0v) is 22.4. The Morgan fingerprint density at radius 2 is 0.844 bits per heavy atom. The highest BCUT2D eigenvalue weighted by Crippen LogP contribution is 2.48. The number of hydrogen-bond donors (Lipinski definition) is 0. The van der Waals surface area contributed by atoms with E-state index < -0.39 is 257 Å². The van der Waals surface area contributed by atoms with Crippen LogP contribution >= 0.6 is 0 Å². The van der Waals surface area contributed by atoms with E-state index in [9.17, 15) is 11.0 Å². The van der Waals surface area contributed by atoms with Gasteiger partial charge in [0.05, 0.1) is 38.4 Å². The molecule has 1 nitrogen and oxygen atoms in total. The fourth-order valence-electron chi connectivity index (χ4n) is 5.33. The summed E-state index contributed by atoms with van der Waals surface area (Å²) in [6.07, 6.45) is 0. The fraction of sp³-hybridized carbons (Fsp3) is 0. The van der Waals surface area contributed by atoms with Gasteiger partial charge in [-0.1, -0.05) is 151 Å². The molecule has 9 rings (SSSR count). The molecule has 0 radical (unpaired) electrons. The molecule has 0 unspecified atom stereocenters. The van der Waals surface area contributed by atoms with Crippen LogP contribution in [0.25, 0.3) is 88.0 Å². The molecule has 0 aliphatic carbocycles. The van der Waals surface area contributed by atoms with Crippen LogP contribution in [0, 0.1) is 0 Å². The monoisotopic (exact) mass is 600 g/mol. The average Bonchev–Trinajstić information content (AvgIpc) is 3.77. The fourth-order valence-corrected chi connectivity index (χ4v) is 5.33. The molecule has 1 aromatic heterocycles. The second-order valence-corrected chi connectivity index (χ2v) is 9.51. The van der Waals surface area contributed by atoms with Crippen molar-refractivity contribution < 1.29 is 42.8 Å². The highest BCUT2D eigenvalue weighted by molar-refractivity contribution is 6.26. The molecule has 45 heavy (non-hydrogen) atoms. The molecule has 0 aliphatic rings. The minimum atomic E-state index is -1.08. The summed E-state index contributed by atoms with van der Waals surface area (Å²) in [5.74, 6) is 0. The highest BCUT2D eigenvalue weighted by atomic mass is 16.3. The maximum absolute atomic E-state index is 9.62. The summed E-state index contributed by atoms with van der Waals surface area (Å²) < 4.78 is 257.